The average molecular weight is 653 g/mol. The Morgan fingerprint density at radius 2 is 1.38 bits per heavy atom. The van der Waals surface area contributed by atoms with Crippen LogP contribution in [0, 0.1) is 56.7 Å². The minimum Gasteiger partial charge on any atom is -0.462 e. The van der Waals surface area contributed by atoms with Gasteiger partial charge in [-0.2, -0.15) is 0 Å². The summed E-state index contributed by atoms with van der Waals surface area (Å²) in [5.74, 6) is 3.02. The third-order valence-corrected chi connectivity index (χ3v) is 16.7. The van der Waals surface area contributed by atoms with Crippen LogP contribution < -0.4 is 0 Å². The highest BCUT2D eigenvalue weighted by molar-refractivity contribution is 5.69. The Balaban J connectivity index is 1.20. The molecule has 11 atom stereocenters. The first-order valence-corrected chi connectivity index (χ1v) is 20.7. The quantitative estimate of drug-likeness (QED) is 0.122. The molecule has 270 valence electrons. The topological polar surface area (TPSA) is 46.5 Å². The minimum absolute atomic E-state index is 0.0129. The highest BCUT2D eigenvalue weighted by Gasteiger charge is 2.69. The van der Waals surface area contributed by atoms with Crippen LogP contribution in [0.3, 0.4) is 0 Å². The molecule has 11 unspecified atom stereocenters. The number of hydrogen-bond donors (Lipinski definition) is 1. The van der Waals surface area contributed by atoms with Crippen molar-refractivity contribution in [2.24, 2.45) is 56.7 Å². The molecule has 0 spiro atoms. The molecule has 47 heavy (non-hydrogen) atoms. The summed E-state index contributed by atoms with van der Waals surface area (Å²) in [5.41, 5.74) is 2.15. The van der Waals surface area contributed by atoms with Crippen molar-refractivity contribution in [3.05, 3.63) is 11.6 Å². The summed E-state index contributed by atoms with van der Waals surface area (Å²) in [7, 11) is 0. The molecule has 5 rings (SSSR count). The lowest BCUT2D eigenvalue weighted by atomic mass is 9.33. The molecule has 0 amide bonds. The maximum absolute atomic E-state index is 13.1. The van der Waals surface area contributed by atoms with Crippen LogP contribution in [0.4, 0.5) is 0 Å². The van der Waals surface area contributed by atoms with Crippen molar-refractivity contribution in [3.63, 3.8) is 0 Å². The standard InChI is InChI=1S/C44H76O3/c1-10-11-12-13-14-15-16-17-18-19-20-21-38(46)47-37-26-28-41(6)34(40(37,4)5)25-29-43(8)35(41)23-22-33-39-32(3)31(2)24-27-42(39,7)36(45)30-44(33,43)9/h22,31-32,34-37,39,45H,10-21,23-30H2,1-9H3. The van der Waals surface area contributed by atoms with Crippen LogP contribution >= 0.6 is 0 Å². The van der Waals surface area contributed by atoms with Gasteiger partial charge in [0, 0.05) is 17.3 Å². The third-order valence-electron chi connectivity index (χ3n) is 16.7. The van der Waals surface area contributed by atoms with Gasteiger partial charge in [-0.15, -0.1) is 0 Å². The number of esters is 1. The number of aliphatic hydroxyl groups excluding tert-OH is 1. The van der Waals surface area contributed by atoms with Crippen molar-refractivity contribution in [3.8, 4) is 0 Å². The SMILES string of the molecule is CCCCCCCCCCCCCC(=O)OC1CCC2(C)C(CCC3(C)C2CC=C2C4C(C)C(C)CCC4(C)C(O)CC23C)C1(C)C. The Kier molecular flexibility index (Phi) is 11.5. The number of hydrogen-bond acceptors (Lipinski definition) is 3. The summed E-state index contributed by atoms with van der Waals surface area (Å²) >= 11 is 0. The molecule has 0 heterocycles. The zero-order valence-corrected chi connectivity index (χ0v) is 32.5. The molecule has 5 aliphatic carbocycles. The number of fused-ring (bicyclic) bond motifs is 7. The van der Waals surface area contributed by atoms with E-state index < -0.39 is 0 Å². The fourth-order valence-electron chi connectivity index (χ4n) is 13.2. The van der Waals surface area contributed by atoms with E-state index in [-0.39, 0.29) is 45.3 Å². The highest BCUT2D eigenvalue weighted by Crippen LogP contribution is 2.75. The molecule has 4 fully saturated rings. The molecular weight excluding hydrogens is 576 g/mol. The van der Waals surface area contributed by atoms with Crippen LogP contribution in [0.1, 0.15) is 191 Å². The van der Waals surface area contributed by atoms with Gasteiger partial charge >= 0.3 is 5.97 Å². The first kappa shape index (κ1) is 37.4. The van der Waals surface area contributed by atoms with Gasteiger partial charge in [0.2, 0.25) is 0 Å². The molecule has 3 heteroatoms. The third kappa shape index (κ3) is 6.57. The second-order valence-electron chi connectivity index (χ2n) is 19.5. The Labute approximate surface area is 291 Å². The summed E-state index contributed by atoms with van der Waals surface area (Å²) in [5, 5.41) is 12.0. The summed E-state index contributed by atoms with van der Waals surface area (Å²) in [4.78, 5) is 13.1. The summed E-state index contributed by atoms with van der Waals surface area (Å²) in [6.07, 6.45) is 26.5. The van der Waals surface area contributed by atoms with Gasteiger partial charge in [0.1, 0.15) is 6.10 Å². The molecule has 3 nitrogen and oxygen atoms in total. The molecule has 5 aliphatic rings. The second-order valence-corrected chi connectivity index (χ2v) is 19.5. The zero-order chi connectivity index (χ0) is 34.3. The van der Waals surface area contributed by atoms with Crippen LogP contribution in [0.25, 0.3) is 0 Å². The van der Waals surface area contributed by atoms with Crippen molar-refractivity contribution in [2.45, 2.75) is 203 Å². The average Bonchev–Trinajstić information content (AvgIpc) is 3.00. The molecule has 0 radical (unpaired) electrons. The van der Waals surface area contributed by atoms with Crippen LogP contribution in [0.2, 0.25) is 0 Å². The fraction of sp³-hybridized carbons (Fsp3) is 0.932. The number of carbonyl (C=O) groups is 1. The summed E-state index contributed by atoms with van der Waals surface area (Å²) < 4.78 is 6.38. The van der Waals surface area contributed by atoms with Gasteiger partial charge in [0.25, 0.3) is 0 Å². The van der Waals surface area contributed by atoms with Gasteiger partial charge in [-0.25, -0.2) is 0 Å². The normalized spacial score (nSPS) is 44.0. The van der Waals surface area contributed by atoms with Crippen LogP contribution in [0.5, 0.6) is 0 Å². The number of ether oxygens (including phenoxy) is 1. The Bertz CT molecular complexity index is 1110. The molecule has 1 N–H and O–H groups in total. The van der Waals surface area contributed by atoms with Gasteiger partial charge in [-0.1, -0.05) is 138 Å². The van der Waals surface area contributed by atoms with Crippen molar-refractivity contribution < 1.29 is 14.6 Å². The van der Waals surface area contributed by atoms with E-state index in [0.717, 1.165) is 44.4 Å². The van der Waals surface area contributed by atoms with Crippen LogP contribution in [-0.2, 0) is 9.53 Å². The highest BCUT2D eigenvalue weighted by atomic mass is 16.5. The Morgan fingerprint density at radius 1 is 0.787 bits per heavy atom. The largest absolute Gasteiger partial charge is 0.462 e. The maximum Gasteiger partial charge on any atom is 0.306 e. The molecule has 0 aromatic carbocycles. The molecule has 0 aliphatic heterocycles. The predicted molar refractivity (Wildman–Crippen MR) is 197 cm³/mol. The minimum atomic E-state index is -0.224. The van der Waals surface area contributed by atoms with E-state index in [4.69, 9.17) is 4.74 Å². The van der Waals surface area contributed by atoms with E-state index in [9.17, 15) is 9.90 Å². The van der Waals surface area contributed by atoms with E-state index in [1.807, 2.05) is 0 Å². The lowest BCUT2D eigenvalue weighted by Crippen LogP contribution is -2.66. The van der Waals surface area contributed by atoms with Crippen LogP contribution in [0.15, 0.2) is 11.6 Å². The van der Waals surface area contributed by atoms with E-state index in [2.05, 4.69) is 68.4 Å². The van der Waals surface area contributed by atoms with Gasteiger partial charge < -0.3 is 9.84 Å². The number of rotatable bonds is 13. The fourth-order valence-corrected chi connectivity index (χ4v) is 13.2. The van der Waals surface area contributed by atoms with E-state index >= 15 is 0 Å². The van der Waals surface area contributed by atoms with Crippen molar-refractivity contribution in [2.75, 3.05) is 0 Å². The Hall–Kier alpha value is -0.830. The molecule has 0 aromatic heterocycles. The first-order valence-electron chi connectivity index (χ1n) is 20.7. The van der Waals surface area contributed by atoms with Gasteiger partial charge in [0.15, 0.2) is 0 Å². The number of unbranched alkanes of at least 4 members (excludes halogenated alkanes) is 10. The lowest BCUT2D eigenvalue weighted by molar-refractivity contribution is -0.221. The Morgan fingerprint density at radius 3 is 2.02 bits per heavy atom. The van der Waals surface area contributed by atoms with Crippen LogP contribution in [-0.4, -0.2) is 23.3 Å². The summed E-state index contributed by atoms with van der Waals surface area (Å²) in [6.45, 7) is 22.3. The van der Waals surface area contributed by atoms with Crippen molar-refractivity contribution >= 4 is 5.97 Å². The monoisotopic (exact) mass is 653 g/mol. The van der Waals surface area contributed by atoms with Gasteiger partial charge in [0.05, 0.1) is 6.10 Å². The first-order chi connectivity index (χ1) is 22.2. The molecule has 0 aromatic rings. The maximum atomic E-state index is 13.1. The van der Waals surface area contributed by atoms with E-state index in [0.29, 0.717) is 30.1 Å². The number of allylic oxidation sites excluding steroid dienone is 2. The van der Waals surface area contributed by atoms with E-state index in [1.54, 1.807) is 5.57 Å². The van der Waals surface area contributed by atoms with E-state index in [1.165, 1.54) is 83.5 Å². The molecular formula is C44H76O3. The second kappa shape index (κ2) is 14.4. The van der Waals surface area contributed by atoms with Crippen molar-refractivity contribution in [1.29, 1.82) is 0 Å². The molecule has 0 saturated heterocycles. The van der Waals surface area contributed by atoms with Gasteiger partial charge in [-0.3, -0.25) is 4.79 Å². The smallest absolute Gasteiger partial charge is 0.306 e. The summed E-state index contributed by atoms with van der Waals surface area (Å²) in [6, 6.07) is 0. The predicted octanol–water partition coefficient (Wildman–Crippen LogP) is 12.2. The molecule has 4 saturated carbocycles. The zero-order valence-electron chi connectivity index (χ0n) is 32.5. The van der Waals surface area contributed by atoms with Crippen molar-refractivity contribution in [1.82, 2.24) is 0 Å². The lowest BCUT2D eigenvalue weighted by Gasteiger charge is -2.72. The number of carbonyl (C=O) groups excluding carboxylic acids is 1. The number of aliphatic hydroxyl groups is 1. The molecule has 0 bridgehead atoms. The van der Waals surface area contributed by atoms with Gasteiger partial charge in [-0.05, 0) is 104 Å².